The topological polar surface area (TPSA) is 17.3 Å². The lowest BCUT2D eigenvalue weighted by Crippen LogP contribution is -2.01. The SMILES string of the molecule is c1ccc2c(c1)CC(c1cc3ccccc3c3sc4cc(-n5c6ccccc6c6ccc7ccccc7c65)ccc4c13)=N2. The molecular formula is C40H24N2S. The zero-order chi connectivity index (χ0) is 28.1. The number of thiophene rings is 1. The van der Waals surface area contributed by atoms with E-state index in [1.807, 2.05) is 11.3 Å². The molecule has 0 unspecified atom stereocenters. The van der Waals surface area contributed by atoms with Crippen LogP contribution in [0.5, 0.6) is 0 Å². The van der Waals surface area contributed by atoms with Crippen LogP contribution in [0.3, 0.4) is 0 Å². The van der Waals surface area contributed by atoms with Gasteiger partial charge in [0.05, 0.1) is 22.4 Å². The van der Waals surface area contributed by atoms with Crippen molar-refractivity contribution in [2.24, 2.45) is 4.99 Å². The van der Waals surface area contributed by atoms with Crippen LogP contribution >= 0.6 is 11.3 Å². The smallest absolute Gasteiger partial charge is 0.0669 e. The van der Waals surface area contributed by atoms with E-state index in [9.17, 15) is 0 Å². The van der Waals surface area contributed by atoms with E-state index >= 15 is 0 Å². The third-order valence-corrected chi connectivity index (χ3v) is 10.4. The Balaban J connectivity index is 1.28. The van der Waals surface area contributed by atoms with Crippen molar-refractivity contribution in [1.29, 1.82) is 0 Å². The second-order valence-electron chi connectivity index (χ2n) is 11.5. The van der Waals surface area contributed by atoms with Crippen molar-refractivity contribution in [3.8, 4) is 5.69 Å². The van der Waals surface area contributed by atoms with Crippen molar-refractivity contribution in [1.82, 2.24) is 4.57 Å². The first-order valence-electron chi connectivity index (χ1n) is 14.8. The number of rotatable bonds is 2. The van der Waals surface area contributed by atoms with E-state index in [4.69, 9.17) is 4.99 Å². The highest BCUT2D eigenvalue weighted by Gasteiger charge is 2.22. The Kier molecular flexibility index (Phi) is 4.68. The van der Waals surface area contributed by atoms with Gasteiger partial charge in [0.15, 0.2) is 0 Å². The maximum Gasteiger partial charge on any atom is 0.0669 e. The molecule has 3 heteroatoms. The monoisotopic (exact) mass is 564 g/mol. The summed E-state index contributed by atoms with van der Waals surface area (Å²) >= 11 is 1.91. The minimum atomic E-state index is 0.869. The molecule has 10 rings (SSSR count). The molecule has 0 amide bonds. The second-order valence-corrected chi connectivity index (χ2v) is 12.6. The average molecular weight is 565 g/mol. The van der Waals surface area contributed by atoms with E-state index in [0.29, 0.717) is 0 Å². The Bertz CT molecular complexity index is 2650. The van der Waals surface area contributed by atoms with E-state index in [1.165, 1.54) is 80.3 Å². The largest absolute Gasteiger partial charge is 0.309 e. The number of aromatic nitrogens is 1. The van der Waals surface area contributed by atoms with Crippen molar-refractivity contribution >= 4 is 86.3 Å². The van der Waals surface area contributed by atoms with Crippen LogP contribution in [0.25, 0.3) is 69.2 Å². The zero-order valence-electron chi connectivity index (χ0n) is 23.2. The van der Waals surface area contributed by atoms with Crippen molar-refractivity contribution in [3.05, 3.63) is 145 Å². The molecule has 200 valence electrons. The maximum absolute atomic E-state index is 5.14. The molecule has 0 saturated carbocycles. The summed E-state index contributed by atoms with van der Waals surface area (Å²) in [5.74, 6) is 0. The van der Waals surface area contributed by atoms with Crippen LogP contribution in [0, 0.1) is 0 Å². The first-order chi connectivity index (χ1) is 21.3. The molecule has 43 heavy (non-hydrogen) atoms. The summed E-state index contributed by atoms with van der Waals surface area (Å²) in [6.45, 7) is 0. The van der Waals surface area contributed by atoms with Gasteiger partial charge in [-0.1, -0.05) is 103 Å². The number of aliphatic imine (C=N–C) groups is 1. The van der Waals surface area contributed by atoms with Crippen molar-refractivity contribution in [3.63, 3.8) is 0 Å². The Morgan fingerprint density at radius 2 is 1.33 bits per heavy atom. The number of benzene rings is 7. The molecule has 0 fully saturated rings. The van der Waals surface area contributed by atoms with Gasteiger partial charge >= 0.3 is 0 Å². The first-order valence-corrected chi connectivity index (χ1v) is 15.6. The zero-order valence-corrected chi connectivity index (χ0v) is 24.0. The molecule has 9 aromatic rings. The van der Waals surface area contributed by atoms with Gasteiger partial charge in [-0.2, -0.15) is 0 Å². The fourth-order valence-electron chi connectivity index (χ4n) is 7.25. The van der Waals surface area contributed by atoms with Crippen molar-refractivity contribution < 1.29 is 0 Å². The summed E-state index contributed by atoms with van der Waals surface area (Å²) in [5, 5.41) is 10.3. The maximum atomic E-state index is 5.14. The molecule has 0 spiro atoms. The quantitative estimate of drug-likeness (QED) is 0.199. The minimum Gasteiger partial charge on any atom is -0.309 e. The molecule has 0 bridgehead atoms. The molecule has 2 nitrogen and oxygen atoms in total. The van der Waals surface area contributed by atoms with E-state index in [0.717, 1.165) is 17.8 Å². The van der Waals surface area contributed by atoms with Gasteiger partial charge in [-0.25, -0.2) is 0 Å². The van der Waals surface area contributed by atoms with Crippen LogP contribution in [0.2, 0.25) is 0 Å². The van der Waals surface area contributed by atoms with Crippen molar-refractivity contribution in [2.45, 2.75) is 6.42 Å². The van der Waals surface area contributed by atoms with Crippen LogP contribution in [0.4, 0.5) is 5.69 Å². The summed E-state index contributed by atoms with van der Waals surface area (Å²) in [5.41, 5.74) is 8.51. The van der Waals surface area contributed by atoms with Crippen LogP contribution in [0.1, 0.15) is 11.1 Å². The molecule has 0 atom stereocenters. The van der Waals surface area contributed by atoms with Gasteiger partial charge in [-0.05, 0) is 52.1 Å². The molecule has 1 aliphatic heterocycles. The molecule has 1 aliphatic rings. The van der Waals surface area contributed by atoms with Gasteiger partial charge < -0.3 is 4.57 Å². The second kappa shape index (κ2) is 8.64. The number of para-hydroxylation sites is 2. The Morgan fingerprint density at radius 3 is 2.23 bits per heavy atom. The summed E-state index contributed by atoms with van der Waals surface area (Å²) in [6.07, 6.45) is 0.869. The Morgan fingerprint density at radius 1 is 0.581 bits per heavy atom. The fraction of sp³-hybridized carbons (Fsp3) is 0.0250. The summed E-state index contributed by atoms with van der Waals surface area (Å²) < 4.78 is 5.10. The number of hydrogen-bond donors (Lipinski definition) is 0. The summed E-state index contributed by atoms with van der Waals surface area (Å²) in [7, 11) is 0. The van der Waals surface area contributed by atoms with Crippen molar-refractivity contribution in [2.75, 3.05) is 0 Å². The summed E-state index contributed by atoms with van der Waals surface area (Å²) in [4.78, 5) is 5.14. The third kappa shape index (κ3) is 3.26. The molecule has 0 aliphatic carbocycles. The van der Waals surface area contributed by atoms with E-state index in [1.54, 1.807) is 0 Å². The lowest BCUT2D eigenvalue weighted by molar-refractivity contribution is 1.19. The molecule has 0 N–H and O–H groups in total. The van der Waals surface area contributed by atoms with Crippen LogP contribution in [-0.2, 0) is 6.42 Å². The van der Waals surface area contributed by atoms with E-state index in [2.05, 4.69) is 138 Å². The van der Waals surface area contributed by atoms with Crippen LogP contribution < -0.4 is 0 Å². The summed E-state index contributed by atoms with van der Waals surface area (Å²) in [6, 6.07) is 48.8. The lowest BCUT2D eigenvalue weighted by atomic mass is 9.95. The van der Waals surface area contributed by atoms with Crippen LogP contribution in [-0.4, -0.2) is 10.3 Å². The Labute approximate surface area is 251 Å². The van der Waals surface area contributed by atoms with Gasteiger partial charge in [0.2, 0.25) is 0 Å². The predicted octanol–water partition coefficient (Wildman–Crippen LogP) is 11.1. The molecular weight excluding hydrogens is 541 g/mol. The van der Waals surface area contributed by atoms with Gasteiger partial charge in [-0.3, -0.25) is 4.99 Å². The highest BCUT2D eigenvalue weighted by Crippen LogP contribution is 2.44. The molecule has 2 aromatic heterocycles. The number of hydrogen-bond acceptors (Lipinski definition) is 2. The fourth-order valence-corrected chi connectivity index (χ4v) is 8.55. The average Bonchev–Trinajstić information content (AvgIpc) is 3.76. The predicted molar refractivity (Wildman–Crippen MR) is 185 cm³/mol. The highest BCUT2D eigenvalue weighted by atomic mass is 32.1. The Hall–Kier alpha value is -5.25. The standard InChI is InChI=1S/C40H24N2S/c1-4-12-28-24(9-1)17-19-31-30-14-6-8-16-36(30)42(39(28)31)27-18-20-32-37(23-27)43-40-29-13-5-2-10-25(29)21-33(38(32)40)35-22-26-11-3-7-15-34(26)41-35/h1-21,23H,22H2. The van der Waals surface area contributed by atoms with Gasteiger partial charge in [-0.15, -0.1) is 11.3 Å². The highest BCUT2D eigenvalue weighted by molar-refractivity contribution is 7.26. The molecule has 0 saturated heterocycles. The van der Waals surface area contributed by atoms with E-state index < -0.39 is 0 Å². The molecule has 3 heterocycles. The normalized spacial score (nSPS) is 13.2. The van der Waals surface area contributed by atoms with Gasteiger partial charge in [0.25, 0.3) is 0 Å². The minimum absolute atomic E-state index is 0.869. The van der Waals surface area contributed by atoms with Gasteiger partial charge in [0.1, 0.15) is 0 Å². The first kappa shape index (κ1) is 23.3. The number of fused-ring (bicyclic) bond motifs is 11. The number of nitrogens with zero attached hydrogens (tertiary/aromatic N) is 2. The van der Waals surface area contributed by atoms with Crippen LogP contribution in [0.15, 0.2) is 138 Å². The third-order valence-electron chi connectivity index (χ3n) is 9.18. The molecule has 0 radical (unpaired) electrons. The molecule has 7 aromatic carbocycles. The van der Waals surface area contributed by atoms with E-state index in [-0.39, 0.29) is 0 Å². The van der Waals surface area contributed by atoms with Gasteiger partial charge in [0, 0.05) is 54.0 Å². The lowest BCUT2D eigenvalue weighted by Gasteiger charge is -2.11.